The molecule has 1 aromatic heterocycles. The molecule has 1 unspecified atom stereocenters. The topological polar surface area (TPSA) is 62.3 Å². The molecule has 0 spiro atoms. The van der Waals surface area contributed by atoms with Crippen molar-refractivity contribution in [2.75, 3.05) is 20.6 Å². The number of halogens is 3. The molecule has 1 atom stereocenters. The number of sulfonamides is 1. The molecule has 0 saturated carbocycles. The van der Waals surface area contributed by atoms with Crippen molar-refractivity contribution in [1.29, 1.82) is 0 Å². The van der Waals surface area contributed by atoms with Gasteiger partial charge in [-0.25, -0.2) is 18.1 Å². The summed E-state index contributed by atoms with van der Waals surface area (Å²) < 4.78 is 28.2. The Balaban J connectivity index is 2.26. The minimum Gasteiger partial charge on any atom is -0.301 e. The normalized spacial score (nSPS) is 13.2. The van der Waals surface area contributed by atoms with Crippen molar-refractivity contribution in [2.45, 2.75) is 10.9 Å². The lowest BCUT2D eigenvalue weighted by Crippen LogP contribution is -2.34. The smallest absolute Gasteiger partial charge is 0.243 e. The Morgan fingerprint density at radius 1 is 1.29 bits per heavy atom. The van der Waals surface area contributed by atoms with Gasteiger partial charge in [0.2, 0.25) is 10.0 Å². The minimum atomic E-state index is -3.81. The molecule has 2 rings (SSSR count). The van der Waals surface area contributed by atoms with E-state index in [9.17, 15) is 8.42 Å². The van der Waals surface area contributed by atoms with E-state index in [0.717, 1.165) is 5.56 Å². The zero-order valence-corrected chi connectivity index (χ0v) is 16.9. The second kappa shape index (κ2) is 8.12. The van der Waals surface area contributed by atoms with Gasteiger partial charge in [-0.1, -0.05) is 41.4 Å². The van der Waals surface area contributed by atoms with Gasteiger partial charge < -0.3 is 4.90 Å². The zero-order valence-electron chi connectivity index (χ0n) is 13.0. The fraction of sp³-hybridized carbons (Fsp3) is 0.267. The van der Waals surface area contributed by atoms with Crippen molar-refractivity contribution < 1.29 is 8.42 Å². The molecule has 0 aliphatic heterocycles. The Bertz CT molecular complexity index is 831. The van der Waals surface area contributed by atoms with Gasteiger partial charge in [-0.2, -0.15) is 0 Å². The van der Waals surface area contributed by atoms with Gasteiger partial charge in [0.1, 0.15) is 10.0 Å². The zero-order chi connectivity index (χ0) is 17.9. The SMILES string of the molecule is CN(C)C(CNS(=O)(=O)c1cc(Br)cnc1Cl)c1ccccc1Cl. The number of rotatable bonds is 6. The van der Waals surface area contributed by atoms with Crippen molar-refractivity contribution in [1.82, 2.24) is 14.6 Å². The molecular formula is C15H16BrCl2N3O2S. The summed E-state index contributed by atoms with van der Waals surface area (Å²) in [5, 5.41) is 0.502. The van der Waals surface area contributed by atoms with Crippen LogP contribution in [0.25, 0.3) is 0 Å². The van der Waals surface area contributed by atoms with Crippen LogP contribution in [0.4, 0.5) is 0 Å². The van der Waals surface area contributed by atoms with E-state index in [-0.39, 0.29) is 22.6 Å². The average Bonchev–Trinajstić information content (AvgIpc) is 2.51. The summed E-state index contributed by atoms with van der Waals surface area (Å²) in [6.07, 6.45) is 1.44. The summed E-state index contributed by atoms with van der Waals surface area (Å²) in [5.74, 6) is 0. The maximum Gasteiger partial charge on any atom is 0.243 e. The Hall–Kier alpha value is -0.700. The molecule has 5 nitrogen and oxygen atoms in total. The monoisotopic (exact) mass is 451 g/mol. The van der Waals surface area contributed by atoms with Crippen LogP contribution < -0.4 is 4.72 Å². The molecule has 0 bridgehead atoms. The summed E-state index contributed by atoms with van der Waals surface area (Å²) >= 11 is 15.4. The maximum atomic E-state index is 12.5. The van der Waals surface area contributed by atoms with E-state index >= 15 is 0 Å². The van der Waals surface area contributed by atoms with Gasteiger partial charge in [-0.05, 0) is 47.7 Å². The fourth-order valence-corrected chi connectivity index (χ4v) is 4.42. The lowest BCUT2D eigenvalue weighted by atomic mass is 10.1. The van der Waals surface area contributed by atoms with Crippen LogP contribution in [0.1, 0.15) is 11.6 Å². The molecule has 0 aliphatic carbocycles. The van der Waals surface area contributed by atoms with E-state index in [1.54, 1.807) is 6.07 Å². The van der Waals surface area contributed by atoms with Crippen molar-refractivity contribution in [3.05, 3.63) is 56.7 Å². The number of pyridine rings is 1. The van der Waals surface area contributed by atoms with Gasteiger partial charge in [0, 0.05) is 28.3 Å². The van der Waals surface area contributed by atoms with E-state index in [1.165, 1.54) is 12.3 Å². The van der Waals surface area contributed by atoms with Crippen LogP contribution in [0.5, 0.6) is 0 Å². The molecular weight excluding hydrogens is 437 g/mol. The highest BCUT2D eigenvalue weighted by atomic mass is 79.9. The first kappa shape index (κ1) is 19.6. The molecule has 0 amide bonds. The standard InChI is InChI=1S/C15H16BrCl2N3O2S/c1-21(2)13(11-5-3-4-6-12(11)17)9-20-24(22,23)14-7-10(16)8-19-15(14)18/h3-8,13,20H,9H2,1-2H3. The maximum absolute atomic E-state index is 12.5. The van der Waals surface area contributed by atoms with Crippen LogP contribution in [-0.2, 0) is 10.0 Å². The number of aromatic nitrogens is 1. The van der Waals surface area contributed by atoms with Gasteiger partial charge >= 0.3 is 0 Å². The van der Waals surface area contributed by atoms with Crippen molar-refractivity contribution in [2.24, 2.45) is 0 Å². The molecule has 1 heterocycles. The highest BCUT2D eigenvalue weighted by Gasteiger charge is 2.23. The van der Waals surface area contributed by atoms with E-state index in [4.69, 9.17) is 23.2 Å². The third-order valence-electron chi connectivity index (χ3n) is 3.42. The highest BCUT2D eigenvalue weighted by Crippen LogP contribution is 2.27. The van der Waals surface area contributed by atoms with Gasteiger partial charge in [0.05, 0.1) is 0 Å². The molecule has 24 heavy (non-hydrogen) atoms. The molecule has 2 aromatic rings. The van der Waals surface area contributed by atoms with E-state index in [0.29, 0.717) is 9.50 Å². The first-order chi connectivity index (χ1) is 11.2. The first-order valence-electron chi connectivity index (χ1n) is 6.94. The van der Waals surface area contributed by atoms with E-state index in [2.05, 4.69) is 25.6 Å². The van der Waals surface area contributed by atoms with E-state index in [1.807, 2.05) is 37.2 Å². The van der Waals surface area contributed by atoms with Gasteiger partial charge in [-0.15, -0.1) is 0 Å². The van der Waals surface area contributed by atoms with Crippen LogP contribution in [0.3, 0.4) is 0 Å². The van der Waals surface area contributed by atoms with Crippen LogP contribution in [0.2, 0.25) is 10.2 Å². The fourth-order valence-electron chi connectivity index (χ4n) is 2.17. The summed E-state index contributed by atoms with van der Waals surface area (Å²) in [6.45, 7) is 0.141. The lowest BCUT2D eigenvalue weighted by Gasteiger charge is -2.26. The molecule has 130 valence electrons. The van der Waals surface area contributed by atoms with Crippen LogP contribution in [-0.4, -0.2) is 38.9 Å². The molecule has 0 saturated heterocycles. The molecule has 1 N–H and O–H groups in total. The number of hydrogen-bond donors (Lipinski definition) is 1. The Labute approximate surface area is 160 Å². The molecule has 0 aliphatic rings. The number of hydrogen-bond acceptors (Lipinski definition) is 4. The average molecular weight is 453 g/mol. The van der Waals surface area contributed by atoms with Crippen molar-refractivity contribution >= 4 is 49.2 Å². The molecule has 1 aromatic carbocycles. The van der Waals surface area contributed by atoms with E-state index < -0.39 is 10.0 Å². The minimum absolute atomic E-state index is 0.0739. The summed E-state index contributed by atoms with van der Waals surface area (Å²) in [7, 11) is -0.0929. The second-order valence-electron chi connectivity index (χ2n) is 5.30. The Kier molecular flexibility index (Phi) is 6.64. The summed E-state index contributed by atoms with van der Waals surface area (Å²) in [6, 6.07) is 8.52. The van der Waals surface area contributed by atoms with Gasteiger partial charge in [0.25, 0.3) is 0 Å². The second-order valence-corrected chi connectivity index (χ2v) is 8.71. The third-order valence-corrected chi connectivity index (χ3v) is 6.05. The number of nitrogens with zero attached hydrogens (tertiary/aromatic N) is 2. The Morgan fingerprint density at radius 2 is 1.96 bits per heavy atom. The van der Waals surface area contributed by atoms with Crippen LogP contribution >= 0.6 is 39.1 Å². The summed E-state index contributed by atoms with van der Waals surface area (Å²) in [5.41, 5.74) is 0.838. The van der Waals surface area contributed by atoms with Gasteiger partial charge in [0.15, 0.2) is 0 Å². The third kappa shape index (κ3) is 4.68. The van der Waals surface area contributed by atoms with Crippen LogP contribution in [0.15, 0.2) is 45.9 Å². The number of benzene rings is 1. The predicted octanol–water partition coefficient (Wildman–Crippen LogP) is 3.73. The molecule has 9 heteroatoms. The molecule has 0 radical (unpaired) electrons. The number of likely N-dealkylation sites (N-methyl/N-ethyl adjacent to an activating group) is 1. The first-order valence-corrected chi connectivity index (χ1v) is 9.97. The quantitative estimate of drug-likeness (QED) is 0.678. The van der Waals surface area contributed by atoms with Crippen molar-refractivity contribution in [3.8, 4) is 0 Å². The molecule has 0 fully saturated rings. The van der Waals surface area contributed by atoms with Crippen LogP contribution in [0, 0.1) is 0 Å². The lowest BCUT2D eigenvalue weighted by molar-refractivity contribution is 0.299. The number of nitrogens with one attached hydrogen (secondary N) is 1. The highest BCUT2D eigenvalue weighted by molar-refractivity contribution is 9.10. The van der Waals surface area contributed by atoms with Crippen molar-refractivity contribution in [3.63, 3.8) is 0 Å². The summed E-state index contributed by atoms with van der Waals surface area (Å²) in [4.78, 5) is 5.67. The Morgan fingerprint density at radius 3 is 2.58 bits per heavy atom. The predicted molar refractivity (Wildman–Crippen MR) is 100 cm³/mol. The largest absolute Gasteiger partial charge is 0.301 e. The van der Waals surface area contributed by atoms with Gasteiger partial charge in [-0.3, -0.25) is 0 Å².